The number of rotatable bonds is 4. The lowest BCUT2D eigenvalue weighted by Gasteiger charge is -2.24. The SMILES string of the molecule is Cc1ccc(NC(=O)C2CSCN2C(=O)c2nc(N3CCCC3)ncc2Cl)cc1C. The summed E-state index contributed by atoms with van der Waals surface area (Å²) in [4.78, 5) is 38.5. The van der Waals surface area contributed by atoms with Crippen molar-refractivity contribution in [2.75, 3.05) is 34.9 Å². The van der Waals surface area contributed by atoms with E-state index in [1.54, 1.807) is 16.7 Å². The Hall–Kier alpha value is -2.32. The number of nitrogens with one attached hydrogen (secondary N) is 1. The van der Waals surface area contributed by atoms with Crippen LogP contribution in [0.5, 0.6) is 0 Å². The normalized spacial score (nSPS) is 18.7. The fourth-order valence-corrected chi connectivity index (χ4v) is 4.94. The van der Waals surface area contributed by atoms with Gasteiger partial charge in [0.2, 0.25) is 11.9 Å². The van der Waals surface area contributed by atoms with Gasteiger partial charge in [-0.05, 0) is 49.9 Å². The quantitative estimate of drug-likeness (QED) is 0.776. The third-order valence-electron chi connectivity index (χ3n) is 5.54. The molecule has 2 aliphatic heterocycles. The van der Waals surface area contributed by atoms with Crippen molar-refractivity contribution in [3.63, 3.8) is 0 Å². The Bertz CT molecular complexity index is 980. The smallest absolute Gasteiger partial charge is 0.275 e. The summed E-state index contributed by atoms with van der Waals surface area (Å²) in [5.74, 6) is 0.922. The van der Waals surface area contributed by atoms with Crippen LogP contribution in [-0.2, 0) is 4.79 Å². The minimum atomic E-state index is -0.578. The summed E-state index contributed by atoms with van der Waals surface area (Å²) in [5, 5.41) is 3.14. The summed E-state index contributed by atoms with van der Waals surface area (Å²) in [7, 11) is 0. The summed E-state index contributed by atoms with van der Waals surface area (Å²) >= 11 is 7.81. The topological polar surface area (TPSA) is 78.4 Å². The van der Waals surface area contributed by atoms with Crippen molar-refractivity contribution >= 4 is 46.8 Å². The molecule has 158 valence electrons. The largest absolute Gasteiger partial charge is 0.341 e. The number of hydrogen-bond acceptors (Lipinski definition) is 6. The van der Waals surface area contributed by atoms with Crippen LogP contribution in [0.2, 0.25) is 5.02 Å². The lowest BCUT2D eigenvalue weighted by atomic mass is 10.1. The average molecular weight is 446 g/mol. The zero-order valence-electron chi connectivity index (χ0n) is 17.0. The van der Waals surface area contributed by atoms with Crippen LogP contribution in [0.3, 0.4) is 0 Å². The van der Waals surface area contributed by atoms with Gasteiger partial charge in [-0.15, -0.1) is 11.8 Å². The van der Waals surface area contributed by atoms with Crippen molar-refractivity contribution in [3.8, 4) is 0 Å². The van der Waals surface area contributed by atoms with E-state index in [-0.39, 0.29) is 22.5 Å². The number of carbonyl (C=O) groups is 2. The first-order valence-electron chi connectivity index (χ1n) is 9.98. The molecule has 30 heavy (non-hydrogen) atoms. The molecular weight excluding hydrogens is 422 g/mol. The molecule has 2 aromatic rings. The third-order valence-corrected chi connectivity index (χ3v) is 6.83. The van der Waals surface area contributed by atoms with E-state index in [2.05, 4.69) is 20.2 Å². The molecule has 0 radical (unpaired) electrons. The highest BCUT2D eigenvalue weighted by molar-refractivity contribution is 7.99. The van der Waals surface area contributed by atoms with Gasteiger partial charge in [-0.3, -0.25) is 9.59 Å². The van der Waals surface area contributed by atoms with Gasteiger partial charge in [-0.2, -0.15) is 0 Å². The number of carbonyl (C=O) groups excluding carboxylic acids is 2. The van der Waals surface area contributed by atoms with Gasteiger partial charge in [0.25, 0.3) is 5.91 Å². The minimum absolute atomic E-state index is 0.153. The highest BCUT2D eigenvalue weighted by Crippen LogP contribution is 2.27. The molecule has 0 spiro atoms. The lowest BCUT2D eigenvalue weighted by Crippen LogP contribution is -2.45. The molecule has 4 rings (SSSR count). The molecule has 1 aromatic heterocycles. The second-order valence-corrected chi connectivity index (χ2v) is 9.05. The van der Waals surface area contributed by atoms with E-state index in [0.29, 0.717) is 17.6 Å². The molecule has 0 aliphatic carbocycles. The zero-order chi connectivity index (χ0) is 21.3. The molecule has 1 unspecified atom stereocenters. The summed E-state index contributed by atoms with van der Waals surface area (Å²) in [6.07, 6.45) is 3.64. The number of benzene rings is 1. The highest BCUT2D eigenvalue weighted by Gasteiger charge is 2.37. The average Bonchev–Trinajstić information content (AvgIpc) is 3.42. The van der Waals surface area contributed by atoms with Gasteiger partial charge in [-0.1, -0.05) is 17.7 Å². The van der Waals surface area contributed by atoms with Crippen molar-refractivity contribution in [2.45, 2.75) is 32.7 Å². The number of anilines is 2. The molecule has 9 heteroatoms. The molecule has 2 fully saturated rings. The number of nitrogens with zero attached hydrogens (tertiary/aromatic N) is 4. The molecule has 1 N–H and O–H groups in total. The number of aryl methyl sites for hydroxylation is 2. The fourth-order valence-electron chi connectivity index (χ4n) is 3.62. The molecule has 0 saturated carbocycles. The van der Waals surface area contributed by atoms with E-state index in [1.807, 2.05) is 32.0 Å². The Morgan fingerprint density at radius 2 is 1.97 bits per heavy atom. The van der Waals surface area contributed by atoms with Crippen LogP contribution in [-0.4, -0.2) is 57.4 Å². The number of thioether (sulfide) groups is 1. The van der Waals surface area contributed by atoms with E-state index in [0.717, 1.165) is 42.7 Å². The molecule has 1 aromatic carbocycles. The Morgan fingerprint density at radius 1 is 1.20 bits per heavy atom. The molecule has 2 saturated heterocycles. The monoisotopic (exact) mass is 445 g/mol. The molecule has 0 bridgehead atoms. The highest BCUT2D eigenvalue weighted by atomic mass is 35.5. The first-order chi connectivity index (χ1) is 14.4. The second kappa shape index (κ2) is 8.81. The second-order valence-electron chi connectivity index (χ2n) is 7.64. The van der Waals surface area contributed by atoms with Gasteiger partial charge in [0, 0.05) is 24.5 Å². The number of amides is 2. The Kier molecular flexibility index (Phi) is 6.15. The van der Waals surface area contributed by atoms with Crippen molar-refractivity contribution < 1.29 is 9.59 Å². The van der Waals surface area contributed by atoms with Gasteiger partial charge in [0.1, 0.15) is 6.04 Å². The minimum Gasteiger partial charge on any atom is -0.341 e. The van der Waals surface area contributed by atoms with Gasteiger partial charge in [0.15, 0.2) is 5.69 Å². The lowest BCUT2D eigenvalue weighted by molar-refractivity contribution is -0.119. The number of hydrogen-bond donors (Lipinski definition) is 1. The summed E-state index contributed by atoms with van der Waals surface area (Å²) < 4.78 is 0. The Balaban J connectivity index is 1.52. The van der Waals surface area contributed by atoms with Gasteiger partial charge in [0.05, 0.1) is 17.1 Å². The van der Waals surface area contributed by atoms with E-state index in [4.69, 9.17) is 11.6 Å². The van der Waals surface area contributed by atoms with Gasteiger partial charge in [-0.25, -0.2) is 9.97 Å². The maximum Gasteiger partial charge on any atom is 0.275 e. The van der Waals surface area contributed by atoms with Crippen molar-refractivity contribution in [1.82, 2.24) is 14.9 Å². The number of halogens is 1. The maximum atomic E-state index is 13.2. The van der Waals surface area contributed by atoms with E-state index >= 15 is 0 Å². The standard InChI is InChI=1S/C21H24ClN5O2S/c1-13-5-6-15(9-14(13)2)24-19(28)17-11-30-12-27(17)20(29)18-16(22)10-23-21(25-18)26-7-3-4-8-26/h5-6,9-10,17H,3-4,7-8,11-12H2,1-2H3,(H,24,28). The molecular formula is C21H24ClN5O2S. The Labute approximate surface area is 185 Å². The van der Waals surface area contributed by atoms with Crippen LogP contribution >= 0.6 is 23.4 Å². The summed E-state index contributed by atoms with van der Waals surface area (Å²) in [6, 6.07) is 5.20. The van der Waals surface area contributed by atoms with Gasteiger partial charge >= 0.3 is 0 Å². The predicted molar refractivity (Wildman–Crippen MR) is 120 cm³/mol. The first kappa shape index (κ1) is 20.9. The van der Waals surface area contributed by atoms with Crippen LogP contribution < -0.4 is 10.2 Å². The molecule has 7 nitrogen and oxygen atoms in total. The summed E-state index contributed by atoms with van der Waals surface area (Å²) in [6.45, 7) is 5.77. The summed E-state index contributed by atoms with van der Waals surface area (Å²) in [5.41, 5.74) is 3.14. The van der Waals surface area contributed by atoms with E-state index in [9.17, 15) is 9.59 Å². The van der Waals surface area contributed by atoms with Crippen molar-refractivity contribution in [1.29, 1.82) is 0 Å². The van der Waals surface area contributed by atoms with Crippen molar-refractivity contribution in [3.05, 3.63) is 46.2 Å². The first-order valence-corrected chi connectivity index (χ1v) is 11.5. The molecule has 2 aliphatic rings. The molecule has 3 heterocycles. The maximum absolute atomic E-state index is 13.2. The third kappa shape index (κ3) is 4.25. The molecule has 1 atom stereocenters. The molecule has 2 amide bonds. The Morgan fingerprint density at radius 3 is 2.70 bits per heavy atom. The zero-order valence-corrected chi connectivity index (χ0v) is 18.6. The van der Waals surface area contributed by atoms with Crippen LogP contribution in [0.15, 0.2) is 24.4 Å². The number of aromatic nitrogens is 2. The van der Waals surface area contributed by atoms with E-state index in [1.165, 1.54) is 6.20 Å². The predicted octanol–water partition coefficient (Wildman–Crippen LogP) is 3.50. The van der Waals surface area contributed by atoms with Crippen molar-refractivity contribution in [2.24, 2.45) is 0 Å². The van der Waals surface area contributed by atoms with Crippen LogP contribution in [0.4, 0.5) is 11.6 Å². The van der Waals surface area contributed by atoms with Crippen LogP contribution in [0, 0.1) is 13.8 Å². The van der Waals surface area contributed by atoms with Crippen LogP contribution in [0.1, 0.15) is 34.5 Å². The van der Waals surface area contributed by atoms with Gasteiger partial charge < -0.3 is 15.1 Å². The van der Waals surface area contributed by atoms with E-state index < -0.39 is 6.04 Å². The van der Waals surface area contributed by atoms with Crippen LogP contribution in [0.25, 0.3) is 0 Å². The fraction of sp³-hybridized carbons (Fsp3) is 0.429.